The van der Waals surface area contributed by atoms with E-state index in [-0.39, 0.29) is 24.9 Å². The van der Waals surface area contributed by atoms with Crippen LogP contribution in [0.15, 0.2) is 65.8 Å². The Morgan fingerprint density at radius 1 is 1.21 bits per heavy atom. The van der Waals surface area contributed by atoms with Gasteiger partial charge >= 0.3 is 5.97 Å². The Kier molecular flexibility index (Phi) is 8.81. The zero-order chi connectivity index (χ0) is 24.3. The molecule has 0 saturated carbocycles. The summed E-state index contributed by atoms with van der Waals surface area (Å²) in [6, 6.07) is 17.8. The van der Waals surface area contributed by atoms with Crippen molar-refractivity contribution in [3.05, 3.63) is 77.5 Å². The summed E-state index contributed by atoms with van der Waals surface area (Å²) in [5, 5.41) is 0. The summed E-state index contributed by atoms with van der Waals surface area (Å²) in [4.78, 5) is 20.6. The lowest BCUT2D eigenvalue weighted by atomic mass is 9.96. The Bertz CT molecular complexity index is 1210. The molecule has 0 aliphatic carbocycles. The number of nitrogens with two attached hydrogens (primary N) is 1. The fraction of sp³-hybridized carbons (Fsp3) is 0.250. The second-order valence-corrected chi connectivity index (χ2v) is 7.61. The minimum Gasteiger partial charge on any atom is -0.489 e. The molecule has 0 radical (unpaired) electrons. The molecule has 3 aromatic rings. The molecule has 0 saturated heterocycles. The van der Waals surface area contributed by atoms with Crippen LogP contribution in [0.4, 0.5) is 5.82 Å². The number of aliphatic imine (C=N–C) groups is 1. The Hall–Kier alpha value is -4.11. The zero-order valence-electron chi connectivity index (χ0n) is 19.7. The van der Waals surface area contributed by atoms with Crippen molar-refractivity contribution in [2.75, 3.05) is 6.61 Å². The first-order valence-corrected chi connectivity index (χ1v) is 11.2. The topological polar surface area (TPSA) is 86.8 Å². The molecule has 2 N–H and O–H groups in total. The van der Waals surface area contributed by atoms with Gasteiger partial charge in [0.15, 0.2) is 5.82 Å². The number of carbonyl (C=O) groups is 1. The van der Waals surface area contributed by atoms with Crippen molar-refractivity contribution in [2.45, 2.75) is 39.7 Å². The summed E-state index contributed by atoms with van der Waals surface area (Å²) in [5.41, 5.74) is 10.5. The number of esters is 1. The van der Waals surface area contributed by atoms with Crippen LogP contribution in [0.25, 0.3) is 11.1 Å². The summed E-state index contributed by atoms with van der Waals surface area (Å²) in [5.74, 6) is 6.70. The Morgan fingerprint density at radius 3 is 2.65 bits per heavy atom. The van der Waals surface area contributed by atoms with E-state index in [0.717, 1.165) is 27.8 Å². The van der Waals surface area contributed by atoms with Gasteiger partial charge in [-0.15, -0.1) is 5.92 Å². The number of carbonyl (C=O) groups excluding carboxylic acids is 1. The van der Waals surface area contributed by atoms with E-state index >= 15 is 0 Å². The number of aromatic nitrogens is 1. The van der Waals surface area contributed by atoms with E-state index < -0.39 is 0 Å². The van der Waals surface area contributed by atoms with Crippen LogP contribution in [0.1, 0.15) is 42.9 Å². The van der Waals surface area contributed by atoms with Crippen LogP contribution in [0.3, 0.4) is 0 Å². The normalized spacial score (nSPS) is 11.5. The highest BCUT2D eigenvalue weighted by Gasteiger charge is 2.15. The van der Waals surface area contributed by atoms with Gasteiger partial charge in [0.1, 0.15) is 12.4 Å². The van der Waals surface area contributed by atoms with Crippen LogP contribution in [-0.2, 0) is 16.1 Å². The van der Waals surface area contributed by atoms with Gasteiger partial charge in [-0.3, -0.25) is 4.79 Å². The Balaban J connectivity index is 1.77. The molecule has 3 rings (SSSR count). The van der Waals surface area contributed by atoms with Crippen molar-refractivity contribution in [1.82, 2.24) is 4.98 Å². The van der Waals surface area contributed by atoms with Gasteiger partial charge in [-0.05, 0) is 55.7 Å². The van der Waals surface area contributed by atoms with Crippen molar-refractivity contribution in [1.29, 1.82) is 0 Å². The van der Waals surface area contributed by atoms with Crippen LogP contribution in [0, 0.1) is 18.8 Å². The van der Waals surface area contributed by atoms with Crippen molar-refractivity contribution in [3.63, 3.8) is 0 Å². The molecular weight excluding hydrogens is 426 g/mol. The maximum Gasteiger partial charge on any atom is 0.307 e. The van der Waals surface area contributed by atoms with E-state index in [1.807, 2.05) is 42.5 Å². The average molecular weight is 456 g/mol. The summed E-state index contributed by atoms with van der Waals surface area (Å²) in [6.07, 6.45) is 3.24. The number of hydrogen-bond acceptors (Lipinski definition) is 5. The van der Waals surface area contributed by atoms with Gasteiger partial charge in [0.05, 0.1) is 25.3 Å². The molecule has 0 bridgehead atoms. The van der Waals surface area contributed by atoms with Crippen LogP contribution < -0.4 is 10.5 Å². The van der Waals surface area contributed by atoms with Gasteiger partial charge < -0.3 is 15.2 Å². The molecule has 0 amide bonds. The molecule has 6 heteroatoms. The number of pyridine rings is 1. The van der Waals surface area contributed by atoms with E-state index in [0.29, 0.717) is 18.2 Å². The van der Waals surface area contributed by atoms with E-state index in [4.69, 9.17) is 15.2 Å². The SMILES string of the molecule is CC#C[C@@H](CC(=O)OCC)c1ccc(OCc2cc(-c3ccccc3C)cnc2N=CN)cc1. The van der Waals surface area contributed by atoms with Crippen LogP contribution in [0.5, 0.6) is 5.75 Å². The van der Waals surface area contributed by atoms with Gasteiger partial charge in [0.25, 0.3) is 0 Å². The smallest absolute Gasteiger partial charge is 0.307 e. The zero-order valence-corrected chi connectivity index (χ0v) is 19.7. The standard InChI is InChI=1S/C28H29N3O3/c1-4-8-22(16-27(32)33-5-2)21-11-13-25(14-12-21)34-18-24-15-23(17-30-28(24)31-19-29)26-10-7-6-9-20(26)3/h6-7,9-15,17,19,22H,5,16,18H2,1-3H3,(H2,29,30,31)/t22-/m0/s1. The second kappa shape index (κ2) is 12.2. The molecule has 1 heterocycles. The van der Waals surface area contributed by atoms with E-state index in [2.05, 4.69) is 40.9 Å². The predicted molar refractivity (Wildman–Crippen MR) is 135 cm³/mol. The molecule has 2 aromatic carbocycles. The Morgan fingerprint density at radius 2 is 1.97 bits per heavy atom. The number of rotatable bonds is 9. The third-order valence-electron chi connectivity index (χ3n) is 5.27. The highest BCUT2D eigenvalue weighted by molar-refractivity contribution is 5.71. The van der Waals surface area contributed by atoms with Gasteiger partial charge in [-0.2, -0.15) is 0 Å². The first-order chi connectivity index (χ1) is 16.5. The number of benzene rings is 2. The highest BCUT2D eigenvalue weighted by Crippen LogP contribution is 2.28. The summed E-state index contributed by atoms with van der Waals surface area (Å²) >= 11 is 0. The van der Waals surface area contributed by atoms with Gasteiger partial charge in [0, 0.05) is 17.3 Å². The van der Waals surface area contributed by atoms with Crippen molar-refractivity contribution in [3.8, 4) is 28.7 Å². The first kappa shape index (κ1) is 24.5. The average Bonchev–Trinajstić information content (AvgIpc) is 2.84. The first-order valence-electron chi connectivity index (χ1n) is 11.2. The molecule has 0 unspecified atom stereocenters. The van der Waals surface area contributed by atoms with Gasteiger partial charge in [0.2, 0.25) is 0 Å². The molecule has 6 nitrogen and oxygen atoms in total. The van der Waals surface area contributed by atoms with Crippen molar-refractivity contribution < 1.29 is 14.3 Å². The largest absolute Gasteiger partial charge is 0.489 e. The maximum absolute atomic E-state index is 11.9. The number of hydrogen-bond donors (Lipinski definition) is 1. The molecule has 0 aliphatic heterocycles. The van der Waals surface area contributed by atoms with Crippen molar-refractivity contribution in [2.24, 2.45) is 10.7 Å². The second-order valence-electron chi connectivity index (χ2n) is 7.61. The minimum atomic E-state index is -0.260. The summed E-state index contributed by atoms with van der Waals surface area (Å²) in [6.45, 7) is 6.25. The highest BCUT2D eigenvalue weighted by atomic mass is 16.5. The van der Waals surface area contributed by atoms with E-state index in [1.54, 1.807) is 20.0 Å². The third kappa shape index (κ3) is 6.46. The van der Waals surface area contributed by atoms with Gasteiger partial charge in [-0.1, -0.05) is 42.3 Å². The number of nitrogens with zero attached hydrogens (tertiary/aromatic N) is 2. The maximum atomic E-state index is 11.9. The van der Waals surface area contributed by atoms with Gasteiger partial charge in [-0.25, -0.2) is 9.98 Å². The van der Waals surface area contributed by atoms with Crippen molar-refractivity contribution >= 4 is 18.1 Å². The fourth-order valence-corrected chi connectivity index (χ4v) is 3.61. The molecule has 0 spiro atoms. The lowest BCUT2D eigenvalue weighted by Crippen LogP contribution is -2.09. The minimum absolute atomic E-state index is 0.215. The quantitative estimate of drug-likeness (QED) is 0.204. The summed E-state index contributed by atoms with van der Waals surface area (Å²) < 4.78 is 11.1. The molecule has 0 aliphatic rings. The molecular formula is C28H29N3O3. The molecule has 0 fully saturated rings. The van der Waals surface area contributed by atoms with E-state index in [1.165, 1.54) is 6.34 Å². The molecule has 1 aromatic heterocycles. The lowest BCUT2D eigenvalue weighted by Gasteiger charge is -2.13. The number of ether oxygens (including phenoxy) is 2. The third-order valence-corrected chi connectivity index (χ3v) is 5.27. The van der Waals surface area contributed by atoms with Crippen LogP contribution in [0.2, 0.25) is 0 Å². The van der Waals surface area contributed by atoms with Crippen LogP contribution in [-0.4, -0.2) is 23.9 Å². The molecule has 34 heavy (non-hydrogen) atoms. The molecule has 174 valence electrons. The number of aryl methyl sites for hydroxylation is 1. The lowest BCUT2D eigenvalue weighted by molar-refractivity contribution is -0.143. The van der Waals surface area contributed by atoms with Crippen LogP contribution >= 0.6 is 0 Å². The monoisotopic (exact) mass is 455 g/mol. The van der Waals surface area contributed by atoms with E-state index in [9.17, 15) is 4.79 Å². The fourth-order valence-electron chi connectivity index (χ4n) is 3.61. The Labute approximate surface area is 200 Å². The summed E-state index contributed by atoms with van der Waals surface area (Å²) in [7, 11) is 0. The molecule has 1 atom stereocenters. The predicted octanol–water partition coefficient (Wildman–Crippen LogP) is 5.31.